The van der Waals surface area contributed by atoms with E-state index in [1.165, 1.54) is 4.90 Å². The Morgan fingerprint density at radius 1 is 1.00 bits per heavy atom. The number of anilines is 1. The van der Waals surface area contributed by atoms with Crippen molar-refractivity contribution in [3.8, 4) is 0 Å². The summed E-state index contributed by atoms with van der Waals surface area (Å²) in [4.78, 5) is 38.8. The standard InChI is InChI=1S/C26H27N3O5/c30-23(16-27-26(33)34-17-18-7-2-1-3-8-18)29-14-6-11-22(29)24(31)25(32)28-21-13-12-19-9-4-5-10-20(19)15-21/h1-5,7-10,12-13,15,22,24,31H,6,11,14,16-17H2,(H,27,33)(H,28,32). The highest BCUT2D eigenvalue weighted by Gasteiger charge is 2.37. The highest BCUT2D eigenvalue weighted by molar-refractivity contribution is 5.97. The Bertz CT molecular complexity index is 1170. The van der Waals surface area contributed by atoms with Crippen molar-refractivity contribution in [3.63, 3.8) is 0 Å². The molecule has 0 radical (unpaired) electrons. The summed E-state index contributed by atoms with van der Waals surface area (Å²) in [5.41, 5.74) is 1.41. The molecule has 1 heterocycles. The fourth-order valence-electron chi connectivity index (χ4n) is 4.11. The zero-order valence-corrected chi connectivity index (χ0v) is 18.6. The maximum Gasteiger partial charge on any atom is 0.407 e. The first-order chi connectivity index (χ1) is 16.5. The van der Waals surface area contributed by atoms with Gasteiger partial charge >= 0.3 is 6.09 Å². The van der Waals surface area contributed by atoms with Crippen LogP contribution in [-0.4, -0.2) is 53.1 Å². The number of amides is 3. The van der Waals surface area contributed by atoms with Gasteiger partial charge in [0.1, 0.15) is 13.2 Å². The third-order valence-corrected chi connectivity index (χ3v) is 5.87. The van der Waals surface area contributed by atoms with Crippen molar-refractivity contribution in [2.45, 2.75) is 31.6 Å². The number of hydrogen-bond donors (Lipinski definition) is 3. The van der Waals surface area contributed by atoms with Gasteiger partial charge in [0.05, 0.1) is 6.04 Å². The zero-order valence-electron chi connectivity index (χ0n) is 18.6. The highest BCUT2D eigenvalue weighted by atomic mass is 16.5. The maximum absolute atomic E-state index is 12.7. The molecule has 3 aromatic rings. The number of carbonyl (C=O) groups is 3. The molecule has 0 saturated carbocycles. The number of ether oxygens (including phenoxy) is 1. The van der Waals surface area contributed by atoms with Crippen molar-refractivity contribution < 1.29 is 24.2 Å². The summed E-state index contributed by atoms with van der Waals surface area (Å²) >= 11 is 0. The maximum atomic E-state index is 12.7. The average molecular weight is 462 g/mol. The van der Waals surface area contributed by atoms with Crippen molar-refractivity contribution in [1.82, 2.24) is 10.2 Å². The molecular formula is C26H27N3O5. The molecule has 0 spiro atoms. The van der Waals surface area contributed by atoms with Gasteiger partial charge in [0.2, 0.25) is 5.91 Å². The average Bonchev–Trinajstić information content (AvgIpc) is 3.36. The summed E-state index contributed by atoms with van der Waals surface area (Å²) in [6.07, 6.45) is -0.934. The number of aliphatic hydroxyl groups excluding tert-OH is 1. The van der Waals surface area contributed by atoms with Crippen LogP contribution in [0.15, 0.2) is 72.8 Å². The summed E-state index contributed by atoms with van der Waals surface area (Å²) in [7, 11) is 0. The molecule has 0 aliphatic carbocycles. The predicted molar refractivity (Wildman–Crippen MR) is 128 cm³/mol. The van der Waals surface area contributed by atoms with Gasteiger partial charge < -0.3 is 25.4 Å². The molecule has 3 aromatic carbocycles. The van der Waals surface area contributed by atoms with E-state index < -0.39 is 24.1 Å². The molecule has 1 aliphatic rings. The largest absolute Gasteiger partial charge is 0.445 e. The van der Waals surface area contributed by atoms with Gasteiger partial charge in [-0.2, -0.15) is 0 Å². The fraction of sp³-hybridized carbons (Fsp3) is 0.269. The molecule has 34 heavy (non-hydrogen) atoms. The lowest BCUT2D eigenvalue weighted by molar-refractivity contribution is -0.136. The van der Waals surface area contributed by atoms with Crippen LogP contribution in [0.2, 0.25) is 0 Å². The van der Waals surface area contributed by atoms with E-state index in [0.29, 0.717) is 25.1 Å². The van der Waals surface area contributed by atoms with Crippen LogP contribution >= 0.6 is 0 Å². The summed E-state index contributed by atoms with van der Waals surface area (Å²) < 4.78 is 5.12. The molecule has 2 unspecified atom stereocenters. The van der Waals surface area contributed by atoms with Crippen molar-refractivity contribution in [2.24, 2.45) is 0 Å². The number of likely N-dealkylation sites (tertiary alicyclic amines) is 1. The normalized spacial score (nSPS) is 16.1. The van der Waals surface area contributed by atoms with E-state index in [4.69, 9.17) is 4.74 Å². The van der Waals surface area contributed by atoms with E-state index in [0.717, 1.165) is 16.3 Å². The lowest BCUT2D eigenvalue weighted by Gasteiger charge is -2.28. The third kappa shape index (κ3) is 5.71. The molecule has 4 rings (SSSR count). The minimum atomic E-state index is -1.39. The second kappa shape index (κ2) is 10.8. The summed E-state index contributed by atoms with van der Waals surface area (Å²) in [5.74, 6) is -0.952. The predicted octanol–water partition coefficient (Wildman–Crippen LogP) is 3.06. The van der Waals surface area contributed by atoms with Gasteiger partial charge in [-0.15, -0.1) is 0 Å². The smallest absolute Gasteiger partial charge is 0.407 e. The van der Waals surface area contributed by atoms with Gasteiger partial charge in [0.15, 0.2) is 6.10 Å². The van der Waals surface area contributed by atoms with E-state index in [-0.39, 0.29) is 19.1 Å². The molecule has 2 atom stereocenters. The summed E-state index contributed by atoms with van der Waals surface area (Å²) in [5, 5.41) is 17.9. The van der Waals surface area contributed by atoms with Crippen LogP contribution in [0.3, 0.4) is 0 Å². The van der Waals surface area contributed by atoms with Gasteiger partial charge in [0.25, 0.3) is 5.91 Å². The van der Waals surface area contributed by atoms with Crippen LogP contribution in [0.5, 0.6) is 0 Å². The van der Waals surface area contributed by atoms with Crippen LogP contribution in [0, 0.1) is 0 Å². The van der Waals surface area contributed by atoms with Crippen molar-refractivity contribution in [2.75, 3.05) is 18.4 Å². The number of alkyl carbamates (subject to hydrolysis) is 1. The number of nitrogens with zero attached hydrogens (tertiary/aromatic N) is 1. The Balaban J connectivity index is 1.29. The number of nitrogens with one attached hydrogen (secondary N) is 2. The number of benzene rings is 3. The van der Waals surface area contributed by atoms with Crippen LogP contribution in [0.1, 0.15) is 18.4 Å². The Morgan fingerprint density at radius 2 is 1.74 bits per heavy atom. The van der Waals surface area contributed by atoms with Crippen molar-refractivity contribution >= 4 is 34.4 Å². The molecule has 8 nitrogen and oxygen atoms in total. The van der Waals surface area contributed by atoms with E-state index in [9.17, 15) is 19.5 Å². The van der Waals surface area contributed by atoms with Gasteiger partial charge in [-0.25, -0.2) is 4.79 Å². The van der Waals surface area contributed by atoms with Gasteiger partial charge in [0, 0.05) is 12.2 Å². The topological polar surface area (TPSA) is 108 Å². The second-order valence-corrected chi connectivity index (χ2v) is 8.21. The summed E-state index contributed by atoms with van der Waals surface area (Å²) in [6.45, 7) is 0.231. The Morgan fingerprint density at radius 3 is 2.53 bits per heavy atom. The monoisotopic (exact) mass is 461 g/mol. The Labute approximate surface area is 197 Å². The van der Waals surface area contributed by atoms with E-state index >= 15 is 0 Å². The quantitative estimate of drug-likeness (QED) is 0.501. The van der Waals surface area contributed by atoms with Gasteiger partial charge in [-0.3, -0.25) is 9.59 Å². The molecule has 1 aliphatic heterocycles. The third-order valence-electron chi connectivity index (χ3n) is 5.87. The molecule has 1 saturated heterocycles. The Kier molecular flexibility index (Phi) is 7.39. The molecular weight excluding hydrogens is 434 g/mol. The van der Waals surface area contributed by atoms with Crippen LogP contribution in [0.25, 0.3) is 10.8 Å². The van der Waals surface area contributed by atoms with Crippen LogP contribution in [0.4, 0.5) is 10.5 Å². The molecule has 1 fully saturated rings. The molecule has 3 N–H and O–H groups in total. The molecule has 0 aromatic heterocycles. The first-order valence-electron chi connectivity index (χ1n) is 11.2. The van der Waals surface area contributed by atoms with E-state index in [1.54, 1.807) is 6.07 Å². The first kappa shape index (κ1) is 23.3. The van der Waals surface area contributed by atoms with Crippen molar-refractivity contribution in [3.05, 3.63) is 78.4 Å². The number of hydrogen-bond acceptors (Lipinski definition) is 5. The van der Waals surface area contributed by atoms with E-state index in [2.05, 4.69) is 10.6 Å². The SMILES string of the molecule is O=C(NCC(=O)N1CCCC1C(O)C(=O)Nc1ccc2ccccc2c1)OCc1ccccc1. The van der Waals surface area contributed by atoms with E-state index in [1.807, 2.05) is 66.7 Å². The fourth-order valence-corrected chi connectivity index (χ4v) is 4.11. The molecule has 0 bridgehead atoms. The van der Waals surface area contributed by atoms with Gasteiger partial charge in [-0.1, -0.05) is 60.7 Å². The molecule has 8 heteroatoms. The van der Waals surface area contributed by atoms with Gasteiger partial charge in [-0.05, 0) is 41.3 Å². The molecule has 176 valence electrons. The molecule has 3 amide bonds. The lowest BCUT2D eigenvalue weighted by atomic mass is 10.1. The second-order valence-electron chi connectivity index (χ2n) is 8.21. The number of carbonyl (C=O) groups excluding carboxylic acids is 3. The number of aliphatic hydroxyl groups is 1. The highest BCUT2D eigenvalue weighted by Crippen LogP contribution is 2.23. The minimum Gasteiger partial charge on any atom is -0.445 e. The number of rotatable bonds is 7. The zero-order chi connectivity index (χ0) is 23.9. The van der Waals surface area contributed by atoms with Crippen LogP contribution in [-0.2, 0) is 20.9 Å². The number of fused-ring (bicyclic) bond motifs is 1. The van der Waals surface area contributed by atoms with Crippen LogP contribution < -0.4 is 10.6 Å². The minimum absolute atomic E-state index is 0.0981. The summed E-state index contributed by atoms with van der Waals surface area (Å²) in [6, 6.07) is 21.8. The van der Waals surface area contributed by atoms with Crippen molar-refractivity contribution in [1.29, 1.82) is 0 Å². The lowest BCUT2D eigenvalue weighted by Crippen LogP contribution is -2.50. The Hall–Kier alpha value is -3.91. The first-order valence-corrected chi connectivity index (χ1v) is 11.2.